The van der Waals surface area contributed by atoms with Crippen LogP contribution in [0.1, 0.15) is 24.8 Å². The summed E-state index contributed by atoms with van der Waals surface area (Å²) in [6.45, 7) is 0.760. The first-order valence-electron chi connectivity index (χ1n) is 6.68. The second kappa shape index (κ2) is 8.09. The second-order valence-corrected chi connectivity index (χ2v) is 5.68. The quantitative estimate of drug-likeness (QED) is 0.787. The molecule has 0 amide bonds. The smallest absolute Gasteiger partial charge is 0.180 e. The number of nitrogens with two attached hydrogens (primary N) is 1. The Hall–Kier alpha value is -1.47. The first-order valence-corrected chi connectivity index (χ1v) is 7.66. The van der Waals surface area contributed by atoms with Crippen LogP contribution in [0.2, 0.25) is 0 Å². The number of rotatable bonds is 7. The van der Waals surface area contributed by atoms with Crippen molar-refractivity contribution in [1.29, 1.82) is 0 Å². The molecule has 7 heteroatoms. The van der Waals surface area contributed by atoms with Crippen molar-refractivity contribution in [3.8, 4) is 0 Å². The zero-order valence-corrected chi connectivity index (χ0v) is 12.3. The van der Waals surface area contributed by atoms with E-state index in [1.165, 1.54) is 23.9 Å². The third kappa shape index (κ3) is 5.81. The molecule has 4 nitrogen and oxygen atoms in total. The molecule has 0 atom stereocenters. The highest BCUT2D eigenvalue weighted by atomic mass is 32.2. The largest absolute Gasteiger partial charge is 0.377 e. The molecule has 1 aliphatic rings. The van der Waals surface area contributed by atoms with Gasteiger partial charge in [-0.25, -0.2) is 8.78 Å². The highest BCUT2D eigenvalue weighted by Gasteiger charge is 2.07. The van der Waals surface area contributed by atoms with Gasteiger partial charge in [0, 0.05) is 18.4 Å². The number of nitrogens with zero attached hydrogens (tertiary/aromatic N) is 2. The summed E-state index contributed by atoms with van der Waals surface area (Å²) in [6, 6.07) is 3.40. The van der Waals surface area contributed by atoms with Crippen molar-refractivity contribution in [2.45, 2.75) is 25.9 Å². The molecule has 21 heavy (non-hydrogen) atoms. The molecule has 0 bridgehead atoms. The van der Waals surface area contributed by atoms with Gasteiger partial charge < -0.3 is 10.5 Å². The van der Waals surface area contributed by atoms with Gasteiger partial charge in [0.25, 0.3) is 0 Å². The van der Waals surface area contributed by atoms with Gasteiger partial charge in [-0.15, -0.1) is 5.10 Å². The van der Waals surface area contributed by atoms with Gasteiger partial charge in [-0.05, 0) is 37.0 Å². The van der Waals surface area contributed by atoms with E-state index in [4.69, 9.17) is 10.5 Å². The molecular formula is C14H17F2N3OS. The predicted molar refractivity (Wildman–Crippen MR) is 81.4 cm³/mol. The number of hydrogen-bond acceptors (Lipinski definition) is 5. The number of thioether (sulfide) groups is 1. The zero-order valence-electron chi connectivity index (χ0n) is 11.5. The van der Waals surface area contributed by atoms with E-state index in [1.807, 2.05) is 0 Å². The molecule has 0 aliphatic carbocycles. The minimum Gasteiger partial charge on any atom is -0.377 e. The van der Waals surface area contributed by atoms with E-state index in [0.717, 1.165) is 36.8 Å². The summed E-state index contributed by atoms with van der Waals surface area (Å²) >= 11 is 1.49. The minimum absolute atomic E-state index is 0.215. The topological polar surface area (TPSA) is 60.0 Å². The van der Waals surface area contributed by atoms with Crippen LogP contribution in [0.4, 0.5) is 8.78 Å². The van der Waals surface area contributed by atoms with Crippen molar-refractivity contribution in [3.63, 3.8) is 0 Å². The van der Waals surface area contributed by atoms with E-state index in [2.05, 4.69) is 10.2 Å². The van der Waals surface area contributed by atoms with Crippen molar-refractivity contribution >= 4 is 22.6 Å². The molecular weight excluding hydrogens is 296 g/mol. The average molecular weight is 313 g/mol. The van der Waals surface area contributed by atoms with Crippen molar-refractivity contribution in [2.75, 3.05) is 12.4 Å². The Balaban J connectivity index is 1.60. The van der Waals surface area contributed by atoms with E-state index in [0.29, 0.717) is 17.3 Å². The number of benzene rings is 1. The lowest BCUT2D eigenvalue weighted by Crippen LogP contribution is -2.15. The molecule has 0 saturated heterocycles. The third-order valence-electron chi connectivity index (χ3n) is 2.87. The number of ether oxygens (including phenoxy) is 1. The number of hydrogen-bond donors (Lipinski definition) is 1. The minimum atomic E-state index is -0.582. The summed E-state index contributed by atoms with van der Waals surface area (Å²) in [5.41, 5.74) is 7.03. The summed E-state index contributed by atoms with van der Waals surface area (Å²) in [5, 5.41) is 8.36. The van der Waals surface area contributed by atoms with Gasteiger partial charge >= 0.3 is 0 Å². The molecule has 1 heterocycles. The Morgan fingerprint density at radius 1 is 1.14 bits per heavy atom. The van der Waals surface area contributed by atoms with Gasteiger partial charge in [0.1, 0.15) is 11.6 Å². The zero-order chi connectivity index (χ0) is 15.1. The fourth-order valence-electron chi connectivity index (χ4n) is 1.87. The highest BCUT2D eigenvalue weighted by Crippen LogP contribution is 2.12. The van der Waals surface area contributed by atoms with Crippen LogP contribution in [0, 0.1) is 11.6 Å². The Morgan fingerprint density at radius 3 is 2.57 bits per heavy atom. The molecule has 1 aromatic carbocycles. The van der Waals surface area contributed by atoms with Crippen LogP contribution in [-0.2, 0) is 11.3 Å². The predicted octanol–water partition coefficient (Wildman–Crippen LogP) is 3.07. The highest BCUT2D eigenvalue weighted by molar-refractivity contribution is 8.14. The lowest BCUT2D eigenvalue weighted by molar-refractivity contribution is 0.117. The normalized spacial score (nSPS) is 14.8. The first-order chi connectivity index (χ1) is 10.1. The fraction of sp³-hybridized carbons (Fsp3) is 0.429. The van der Waals surface area contributed by atoms with Crippen molar-refractivity contribution < 1.29 is 13.5 Å². The van der Waals surface area contributed by atoms with Crippen LogP contribution in [0.5, 0.6) is 0 Å². The van der Waals surface area contributed by atoms with Crippen molar-refractivity contribution in [2.24, 2.45) is 15.9 Å². The Labute approximate surface area is 126 Å². The maximum absolute atomic E-state index is 13.0. The van der Waals surface area contributed by atoms with Crippen molar-refractivity contribution in [3.05, 3.63) is 35.4 Å². The molecule has 0 fully saturated rings. The van der Waals surface area contributed by atoms with Gasteiger partial charge in [-0.3, -0.25) is 0 Å². The van der Waals surface area contributed by atoms with Crippen LogP contribution < -0.4 is 5.73 Å². The monoisotopic (exact) mass is 313 g/mol. The summed E-state index contributed by atoms with van der Waals surface area (Å²) in [7, 11) is 0. The van der Waals surface area contributed by atoms with Crippen LogP contribution in [0.25, 0.3) is 0 Å². The summed E-state index contributed by atoms with van der Waals surface area (Å²) < 4.78 is 31.3. The van der Waals surface area contributed by atoms with Gasteiger partial charge in [-0.1, -0.05) is 11.8 Å². The van der Waals surface area contributed by atoms with E-state index < -0.39 is 11.6 Å². The Kier molecular flexibility index (Phi) is 6.13. The summed E-state index contributed by atoms with van der Waals surface area (Å²) in [4.78, 5) is 0. The third-order valence-corrected chi connectivity index (χ3v) is 3.73. The Morgan fingerprint density at radius 2 is 1.90 bits per heavy atom. The second-order valence-electron chi connectivity index (χ2n) is 4.68. The van der Waals surface area contributed by atoms with E-state index >= 15 is 0 Å². The molecule has 114 valence electrons. The summed E-state index contributed by atoms with van der Waals surface area (Å²) in [5.74, 6) is -0.374. The van der Waals surface area contributed by atoms with Gasteiger partial charge in [-0.2, -0.15) is 5.10 Å². The van der Waals surface area contributed by atoms with Crippen LogP contribution >= 0.6 is 11.8 Å². The number of unbranched alkanes of at least 4 members (excludes halogenated alkanes) is 1. The molecule has 1 aliphatic heterocycles. The van der Waals surface area contributed by atoms with Gasteiger partial charge in [0.05, 0.1) is 12.3 Å². The SMILES string of the molecule is NC1=NN=C(CCCCOCc2cc(F)cc(F)c2)CS1. The molecule has 0 spiro atoms. The maximum Gasteiger partial charge on any atom is 0.180 e. The lowest BCUT2D eigenvalue weighted by atomic mass is 10.2. The molecule has 0 radical (unpaired) electrons. The fourth-order valence-corrected chi connectivity index (χ4v) is 2.49. The van der Waals surface area contributed by atoms with Crippen LogP contribution in [0.15, 0.2) is 28.4 Å². The molecule has 0 aromatic heterocycles. The molecule has 2 N–H and O–H groups in total. The summed E-state index contributed by atoms with van der Waals surface area (Å²) in [6.07, 6.45) is 2.66. The molecule has 0 saturated carbocycles. The van der Waals surface area contributed by atoms with E-state index in [-0.39, 0.29) is 6.61 Å². The maximum atomic E-state index is 13.0. The molecule has 0 unspecified atom stereocenters. The van der Waals surface area contributed by atoms with Crippen LogP contribution in [0.3, 0.4) is 0 Å². The lowest BCUT2D eigenvalue weighted by Gasteiger charge is -2.09. The van der Waals surface area contributed by atoms with Crippen LogP contribution in [-0.4, -0.2) is 23.2 Å². The van der Waals surface area contributed by atoms with E-state index in [9.17, 15) is 8.78 Å². The number of halogens is 2. The number of amidine groups is 1. The average Bonchev–Trinajstić information content (AvgIpc) is 2.43. The van der Waals surface area contributed by atoms with Gasteiger partial charge in [0.15, 0.2) is 5.17 Å². The molecule has 2 rings (SSSR count). The Bertz CT molecular complexity index is 529. The van der Waals surface area contributed by atoms with E-state index in [1.54, 1.807) is 0 Å². The standard InChI is InChI=1S/C14H17F2N3OS/c15-11-5-10(6-12(16)7-11)8-20-4-2-1-3-13-9-21-14(17)19-18-13/h5-7H,1-4,8-9H2,(H2,17,19). The van der Waals surface area contributed by atoms with Gasteiger partial charge in [0.2, 0.25) is 0 Å². The molecule has 1 aromatic rings. The van der Waals surface area contributed by atoms with Crippen molar-refractivity contribution in [1.82, 2.24) is 0 Å². The first kappa shape index (κ1) is 15.9.